The molecule has 0 radical (unpaired) electrons. The number of rotatable bonds is 4. The van der Waals surface area contributed by atoms with Gasteiger partial charge >= 0.3 is 0 Å². The molecule has 1 heterocycles. The Hall–Kier alpha value is -1.86. The van der Waals surface area contributed by atoms with Gasteiger partial charge in [-0.25, -0.2) is 4.98 Å². The third kappa shape index (κ3) is 4.57. The Labute approximate surface area is 126 Å². The second-order valence-corrected chi connectivity index (χ2v) is 5.51. The third-order valence-electron chi connectivity index (χ3n) is 3.93. The second kappa shape index (κ2) is 7.80. The number of carbonyl (C=O) groups excluding carboxylic acids is 1. The fraction of sp³-hybridized carbons (Fsp3) is 0.529. The summed E-state index contributed by atoms with van der Waals surface area (Å²) >= 11 is 0. The molecule has 0 bridgehead atoms. The summed E-state index contributed by atoms with van der Waals surface area (Å²) in [5, 5.41) is 11.7. The van der Waals surface area contributed by atoms with Gasteiger partial charge in [0.05, 0.1) is 6.61 Å². The Balaban J connectivity index is 1.92. The van der Waals surface area contributed by atoms with E-state index >= 15 is 0 Å². The van der Waals surface area contributed by atoms with Crippen LogP contribution in [0.1, 0.15) is 55.1 Å². The SMILES string of the molecule is CC(NC(=O)c1ccc(C#CCCO)cn1)C1CCCC1. The number of amides is 1. The van der Waals surface area contributed by atoms with Crippen molar-refractivity contribution in [3.05, 3.63) is 29.6 Å². The highest BCUT2D eigenvalue weighted by atomic mass is 16.2. The van der Waals surface area contributed by atoms with Crippen LogP contribution in [0.2, 0.25) is 0 Å². The number of carbonyl (C=O) groups is 1. The summed E-state index contributed by atoms with van der Waals surface area (Å²) < 4.78 is 0. The molecule has 0 saturated heterocycles. The highest BCUT2D eigenvalue weighted by Crippen LogP contribution is 2.27. The minimum absolute atomic E-state index is 0.0555. The van der Waals surface area contributed by atoms with Crippen LogP contribution >= 0.6 is 0 Å². The molecule has 21 heavy (non-hydrogen) atoms. The summed E-state index contributed by atoms with van der Waals surface area (Å²) in [4.78, 5) is 16.3. The predicted molar refractivity (Wildman–Crippen MR) is 81.7 cm³/mol. The third-order valence-corrected chi connectivity index (χ3v) is 3.93. The number of aliphatic hydroxyl groups excluding tert-OH is 1. The largest absolute Gasteiger partial charge is 0.395 e. The van der Waals surface area contributed by atoms with E-state index in [4.69, 9.17) is 5.11 Å². The molecule has 1 atom stereocenters. The fourth-order valence-electron chi connectivity index (χ4n) is 2.68. The van der Waals surface area contributed by atoms with Crippen molar-refractivity contribution in [3.8, 4) is 11.8 Å². The van der Waals surface area contributed by atoms with E-state index in [9.17, 15) is 4.79 Å². The van der Waals surface area contributed by atoms with E-state index in [0.717, 1.165) is 5.56 Å². The van der Waals surface area contributed by atoms with Gasteiger partial charge in [0.1, 0.15) is 5.69 Å². The number of nitrogens with one attached hydrogen (secondary N) is 1. The molecule has 1 aromatic heterocycles. The van der Waals surface area contributed by atoms with Gasteiger partial charge in [-0.2, -0.15) is 0 Å². The van der Waals surface area contributed by atoms with Crippen LogP contribution < -0.4 is 5.32 Å². The van der Waals surface area contributed by atoms with E-state index in [0.29, 0.717) is 18.0 Å². The van der Waals surface area contributed by atoms with Crippen molar-refractivity contribution in [2.45, 2.75) is 45.1 Å². The van der Waals surface area contributed by atoms with E-state index in [-0.39, 0.29) is 18.6 Å². The first kappa shape index (κ1) is 15.5. The molecule has 1 aromatic rings. The Kier molecular flexibility index (Phi) is 5.77. The molecule has 2 rings (SSSR count). The lowest BCUT2D eigenvalue weighted by atomic mass is 10.00. The lowest BCUT2D eigenvalue weighted by Crippen LogP contribution is -2.37. The number of hydrogen-bond donors (Lipinski definition) is 2. The van der Waals surface area contributed by atoms with Gasteiger partial charge in [-0.3, -0.25) is 4.79 Å². The second-order valence-electron chi connectivity index (χ2n) is 5.51. The van der Waals surface area contributed by atoms with Crippen LogP contribution in [0.5, 0.6) is 0 Å². The van der Waals surface area contributed by atoms with E-state index in [2.05, 4.69) is 29.1 Å². The Morgan fingerprint density at radius 1 is 1.48 bits per heavy atom. The van der Waals surface area contributed by atoms with Crippen molar-refractivity contribution >= 4 is 5.91 Å². The smallest absolute Gasteiger partial charge is 0.270 e. The first-order valence-electron chi connectivity index (χ1n) is 7.57. The van der Waals surface area contributed by atoms with Crippen LogP contribution in [0.4, 0.5) is 0 Å². The molecular formula is C17H22N2O2. The van der Waals surface area contributed by atoms with Crippen LogP contribution in [0.3, 0.4) is 0 Å². The van der Waals surface area contributed by atoms with Crippen LogP contribution in [0.25, 0.3) is 0 Å². The summed E-state index contributed by atoms with van der Waals surface area (Å²) in [6, 6.07) is 3.68. The van der Waals surface area contributed by atoms with Gasteiger partial charge in [0.15, 0.2) is 0 Å². The number of aliphatic hydroxyl groups is 1. The molecule has 0 aromatic carbocycles. The molecule has 1 aliphatic carbocycles. The maximum Gasteiger partial charge on any atom is 0.270 e. The minimum atomic E-state index is -0.121. The monoisotopic (exact) mass is 286 g/mol. The van der Waals surface area contributed by atoms with Crippen molar-refractivity contribution in [2.24, 2.45) is 5.92 Å². The lowest BCUT2D eigenvalue weighted by molar-refractivity contribution is 0.0922. The number of hydrogen-bond acceptors (Lipinski definition) is 3. The molecule has 0 spiro atoms. The Morgan fingerprint density at radius 3 is 2.86 bits per heavy atom. The van der Waals surface area contributed by atoms with E-state index < -0.39 is 0 Å². The van der Waals surface area contributed by atoms with Crippen LogP contribution in [0.15, 0.2) is 18.3 Å². The number of pyridine rings is 1. The molecule has 1 unspecified atom stereocenters. The first-order chi connectivity index (χ1) is 10.2. The quantitative estimate of drug-likeness (QED) is 0.833. The normalized spacial score (nSPS) is 16.1. The van der Waals surface area contributed by atoms with Crippen LogP contribution in [-0.2, 0) is 0 Å². The molecular weight excluding hydrogens is 264 g/mol. The summed E-state index contributed by atoms with van der Waals surface area (Å²) in [6.07, 6.45) is 6.98. The average molecular weight is 286 g/mol. The van der Waals surface area contributed by atoms with Crippen molar-refractivity contribution in [1.82, 2.24) is 10.3 Å². The standard InChI is InChI=1S/C17H22N2O2/c1-13(15-7-2-3-8-15)19-17(21)16-10-9-14(12-18-16)6-4-5-11-20/h9-10,12-13,15,20H,2-3,5,7-8,11H2,1H3,(H,19,21). The highest BCUT2D eigenvalue weighted by molar-refractivity contribution is 5.92. The van der Waals surface area contributed by atoms with Gasteiger partial charge in [-0.15, -0.1) is 0 Å². The summed E-state index contributed by atoms with van der Waals surface area (Å²) in [7, 11) is 0. The van der Waals surface area contributed by atoms with Crippen molar-refractivity contribution < 1.29 is 9.90 Å². The molecule has 4 heteroatoms. The predicted octanol–water partition coefficient (Wildman–Crippen LogP) is 2.12. The Bertz CT molecular complexity index is 522. The van der Waals surface area contributed by atoms with Gasteiger partial charge in [0.25, 0.3) is 5.91 Å². The fourth-order valence-corrected chi connectivity index (χ4v) is 2.68. The van der Waals surface area contributed by atoms with Crippen molar-refractivity contribution in [2.75, 3.05) is 6.61 Å². The zero-order chi connectivity index (χ0) is 15.1. The van der Waals surface area contributed by atoms with Crippen molar-refractivity contribution in [1.29, 1.82) is 0 Å². The molecule has 2 N–H and O–H groups in total. The summed E-state index contributed by atoms with van der Waals surface area (Å²) in [6.45, 7) is 2.13. The average Bonchev–Trinajstić information content (AvgIpc) is 3.02. The molecule has 1 aliphatic rings. The summed E-state index contributed by atoms with van der Waals surface area (Å²) in [5.41, 5.74) is 1.18. The van der Waals surface area contributed by atoms with Gasteiger partial charge in [-0.05, 0) is 37.8 Å². The lowest BCUT2D eigenvalue weighted by Gasteiger charge is -2.20. The van der Waals surface area contributed by atoms with Gasteiger partial charge in [0, 0.05) is 24.2 Å². The minimum Gasteiger partial charge on any atom is -0.395 e. The van der Waals surface area contributed by atoms with E-state index in [1.807, 2.05) is 0 Å². The molecule has 1 amide bonds. The maximum absolute atomic E-state index is 12.1. The van der Waals surface area contributed by atoms with E-state index in [1.54, 1.807) is 18.3 Å². The number of aromatic nitrogens is 1. The zero-order valence-corrected chi connectivity index (χ0v) is 12.4. The number of nitrogens with zero attached hydrogens (tertiary/aromatic N) is 1. The molecule has 1 saturated carbocycles. The molecule has 4 nitrogen and oxygen atoms in total. The highest BCUT2D eigenvalue weighted by Gasteiger charge is 2.23. The first-order valence-corrected chi connectivity index (χ1v) is 7.57. The molecule has 0 aliphatic heterocycles. The Morgan fingerprint density at radius 2 is 2.24 bits per heavy atom. The summed E-state index contributed by atoms with van der Waals surface area (Å²) in [5.74, 6) is 6.20. The van der Waals surface area contributed by atoms with Gasteiger partial charge in [0.2, 0.25) is 0 Å². The zero-order valence-electron chi connectivity index (χ0n) is 12.4. The van der Waals surface area contributed by atoms with Crippen molar-refractivity contribution in [3.63, 3.8) is 0 Å². The molecule has 1 fully saturated rings. The topological polar surface area (TPSA) is 62.2 Å². The van der Waals surface area contributed by atoms with E-state index in [1.165, 1.54) is 25.7 Å². The van der Waals surface area contributed by atoms with Gasteiger partial charge < -0.3 is 10.4 Å². The molecule has 112 valence electrons. The maximum atomic E-state index is 12.1. The van der Waals surface area contributed by atoms with Crippen LogP contribution in [0, 0.1) is 17.8 Å². The van der Waals surface area contributed by atoms with Crippen LogP contribution in [-0.4, -0.2) is 28.6 Å². The van der Waals surface area contributed by atoms with Gasteiger partial charge in [-0.1, -0.05) is 24.7 Å².